The third kappa shape index (κ3) is 6.55. The molecule has 31 heavy (non-hydrogen) atoms. The van der Waals surface area contributed by atoms with Gasteiger partial charge in [0.05, 0.1) is 4.90 Å². The Morgan fingerprint density at radius 1 is 0.903 bits per heavy atom. The van der Waals surface area contributed by atoms with Gasteiger partial charge in [0.15, 0.2) is 0 Å². The van der Waals surface area contributed by atoms with E-state index in [-0.39, 0.29) is 12.4 Å². The van der Waals surface area contributed by atoms with Gasteiger partial charge in [0.2, 0.25) is 10.0 Å². The van der Waals surface area contributed by atoms with Crippen LogP contribution in [0.3, 0.4) is 0 Å². The van der Waals surface area contributed by atoms with Gasteiger partial charge in [-0.3, -0.25) is 4.90 Å². The zero-order chi connectivity index (χ0) is 20.8. The topological polar surface area (TPSA) is 49.4 Å². The van der Waals surface area contributed by atoms with Crippen molar-refractivity contribution in [1.82, 2.24) is 9.62 Å². The minimum atomic E-state index is -3.42. The van der Waals surface area contributed by atoms with Gasteiger partial charge < -0.3 is 0 Å². The lowest BCUT2D eigenvalue weighted by Crippen LogP contribution is -2.32. The van der Waals surface area contributed by atoms with Crippen molar-refractivity contribution >= 4 is 22.4 Å². The number of halogens is 1. The van der Waals surface area contributed by atoms with E-state index in [1.807, 2.05) is 12.1 Å². The van der Waals surface area contributed by atoms with Gasteiger partial charge in [0, 0.05) is 19.6 Å². The highest BCUT2D eigenvalue weighted by Gasteiger charge is 2.18. The average molecular weight is 463 g/mol. The van der Waals surface area contributed by atoms with Crippen molar-refractivity contribution in [2.75, 3.05) is 19.6 Å². The Morgan fingerprint density at radius 3 is 2.35 bits per heavy atom. The Balaban J connectivity index is 0.00000272. The Kier molecular flexibility index (Phi) is 8.96. The van der Waals surface area contributed by atoms with Crippen LogP contribution in [0.4, 0.5) is 0 Å². The van der Waals surface area contributed by atoms with Crippen LogP contribution in [0.25, 0.3) is 0 Å². The Hall–Kier alpha value is -1.40. The maximum atomic E-state index is 12.6. The lowest BCUT2D eigenvalue weighted by atomic mass is 9.84. The molecule has 1 fully saturated rings. The molecule has 2 aromatic carbocycles. The Morgan fingerprint density at radius 2 is 1.61 bits per heavy atom. The van der Waals surface area contributed by atoms with Crippen LogP contribution in [0.15, 0.2) is 53.4 Å². The van der Waals surface area contributed by atoms with Gasteiger partial charge in [-0.2, -0.15) is 0 Å². The number of hydrogen-bond donors (Lipinski definition) is 1. The van der Waals surface area contributed by atoms with Crippen LogP contribution in [0.5, 0.6) is 0 Å². The molecule has 0 saturated heterocycles. The fourth-order valence-electron chi connectivity index (χ4n) is 4.85. The molecule has 0 amide bonds. The molecule has 2 aromatic rings. The summed E-state index contributed by atoms with van der Waals surface area (Å²) in [7, 11) is -3.42. The first-order valence-electron chi connectivity index (χ1n) is 11.5. The van der Waals surface area contributed by atoms with E-state index in [2.05, 4.69) is 33.9 Å². The molecular weight excluding hydrogens is 428 g/mol. The number of benzene rings is 2. The molecule has 0 atom stereocenters. The van der Waals surface area contributed by atoms with E-state index < -0.39 is 10.0 Å². The maximum Gasteiger partial charge on any atom is 0.240 e. The zero-order valence-corrected chi connectivity index (χ0v) is 19.9. The number of nitrogens with zero attached hydrogens (tertiary/aromatic N) is 1. The predicted octanol–water partition coefficient (Wildman–Crippen LogP) is 5.27. The molecular formula is C25H35ClN2O2S. The van der Waals surface area contributed by atoms with E-state index in [0.717, 1.165) is 38.9 Å². The smallest absolute Gasteiger partial charge is 0.240 e. The van der Waals surface area contributed by atoms with E-state index in [9.17, 15) is 8.42 Å². The van der Waals surface area contributed by atoms with Gasteiger partial charge in [0.1, 0.15) is 0 Å². The highest BCUT2D eigenvalue weighted by Crippen LogP contribution is 2.32. The summed E-state index contributed by atoms with van der Waals surface area (Å²) in [6.45, 7) is 3.62. The number of hydrogen-bond acceptors (Lipinski definition) is 3. The minimum absolute atomic E-state index is 0. The zero-order valence-electron chi connectivity index (χ0n) is 18.3. The van der Waals surface area contributed by atoms with Crippen molar-refractivity contribution in [1.29, 1.82) is 0 Å². The van der Waals surface area contributed by atoms with Crippen LogP contribution >= 0.6 is 12.4 Å². The highest BCUT2D eigenvalue weighted by atomic mass is 35.5. The van der Waals surface area contributed by atoms with Crippen molar-refractivity contribution in [2.24, 2.45) is 0 Å². The molecule has 1 N–H and O–H groups in total. The first-order chi connectivity index (χ1) is 14.6. The number of unbranched alkanes of at least 4 members (excludes halogenated alkanes) is 1. The maximum absolute atomic E-state index is 12.6. The Labute approximate surface area is 193 Å². The molecule has 0 spiro atoms. The van der Waals surface area contributed by atoms with Crippen LogP contribution in [-0.4, -0.2) is 33.0 Å². The molecule has 1 aliphatic carbocycles. The molecule has 2 aliphatic rings. The van der Waals surface area contributed by atoms with E-state index in [1.54, 1.807) is 12.1 Å². The lowest BCUT2D eigenvalue weighted by molar-refractivity contribution is 0.249. The average Bonchev–Trinajstić information content (AvgIpc) is 2.79. The van der Waals surface area contributed by atoms with Crippen LogP contribution < -0.4 is 4.72 Å². The van der Waals surface area contributed by atoms with E-state index >= 15 is 0 Å². The van der Waals surface area contributed by atoms with Crippen LogP contribution in [-0.2, 0) is 23.0 Å². The van der Waals surface area contributed by atoms with Gasteiger partial charge in [-0.1, -0.05) is 55.7 Å². The molecule has 6 heteroatoms. The van der Waals surface area contributed by atoms with Crippen LogP contribution in [0.2, 0.25) is 0 Å². The second-order valence-corrected chi connectivity index (χ2v) is 10.6. The second-order valence-electron chi connectivity index (χ2n) is 8.80. The molecule has 0 unspecified atom stereocenters. The van der Waals surface area contributed by atoms with Crippen LogP contribution in [0, 0.1) is 0 Å². The van der Waals surface area contributed by atoms with Crippen molar-refractivity contribution in [2.45, 2.75) is 68.7 Å². The van der Waals surface area contributed by atoms with Gasteiger partial charge in [-0.25, -0.2) is 13.1 Å². The SMILES string of the molecule is Cl.O=S(=O)(NCCCCN1CCc2ccccc2C1)c1ccc(C2CCCCC2)cc1. The lowest BCUT2D eigenvalue weighted by Gasteiger charge is -2.28. The monoisotopic (exact) mass is 462 g/mol. The van der Waals surface area contributed by atoms with Crippen LogP contribution in [0.1, 0.15) is 67.6 Å². The fourth-order valence-corrected chi connectivity index (χ4v) is 5.92. The molecule has 1 aliphatic heterocycles. The first-order valence-corrected chi connectivity index (χ1v) is 13.0. The summed E-state index contributed by atoms with van der Waals surface area (Å²) in [4.78, 5) is 2.86. The molecule has 1 saturated carbocycles. The van der Waals surface area contributed by atoms with Gasteiger partial charge in [-0.15, -0.1) is 12.4 Å². The van der Waals surface area contributed by atoms with Gasteiger partial charge >= 0.3 is 0 Å². The second kappa shape index (κ2) is 11.5. The Bertz CT molecular complexity index is 925. The summed E-state index contributed by atoms with van der Waals surface area (Å²) >= 11 is 0. The van der Waals surface area contributed by atoms with Crippen molar-refractivity contribution < 1.29 is 8.42 Å². The summed E-state index contributed by atoms with van der Waals surface area (Å²) in [5, 5.41) is 0. The van der Waals surface area contributed by atoms with Crippen molar-refractivity contribution in [3.63, 3.8) is 0 Å². The van der Waals surface area contributed by atoms with E-state index in [4.69, 9.17) is 0 Å². The van der Waals surface area contributed by atoms with Crippen molar-refractivity contribution in [3.05, 3.63) is 65.2 Å². The first kappa shape index (κ1) is 24.2. The summed E-state index contributed by atoms with van der Waals surface area (Å²) in [6.07, 6.45) is 9.34. The summed E-state index contributed by atoms with van der Waals surface area (Å²) in [6, 6.07) is 16.2. The molecule has 4 rings (SSSR count). The summed E-state index contributed by atoms with van der Waals surface area (Å²) in [5.74, 6) is 0.602. The molecule has 1 heterocycles. The molecule has 4 nitrogen and oxygen atoms in total. The largest absolute Gasteiger partial charge is 0.299 e. The number of fused-ring (bicyclic) bond motifs is 1. The van der Waals surface area contributed by atoms with Crippen molar-refractivity contribution in [3.8, 4) is 0 Å². The summed E-state index contributed by atoms with van der Waals surface area (Å²) in [5.41, 5.74) is 4.19. The fraction of sp³-hybridized carbons (Fsp3) is 0.520. The van der Waals surface area contributed by atoms with Gasteiger partial charge in [0.25, 0.3) is 0 Å². The molecule has 0 bridgehead atoms. The minimum Gasteiger partial charge on any atom is -0.299 e. The number of sulfonamides is 1. The third-order valence-corrected chi connectivity index (χ3v) is 8.15. The molecule has 170 valence electrons. The van der Waals surface area contributed by atoms with E-state index in [0.29, 0.717) is 17.4 Å². The molecule has 0 aromatic heterocycles. The number of nitrogens with one attached hydrogen (secondary N) is 1. The standard InChI is InChI=1S/C25H34N2O2S.ClH/c28-30(29,25-14-12-23(13-15-25)21-8-2-1-3-9-21)26-17-6-7-18-27-19-16-22-10-4-5-11-24(22)20-27;/h4-5,10-15,21,26H,1-3,6-9,16-20H2;1H. The highest BCUT2D eigenvalue weighted by molar-refractivity contribution is 7.89. The third-order valence-electron chi connectivity index (χ3n) is 6.67. The quantitative estimate of drug-likeness (QED) is 0.543. The molecule has 0 radical (unpaired) electrons. The number of rotatable bonds is 8. The summed E-state index contributed by atoms with van der Waals surface area (Å²) < 4.78 is 28.0. The normalized spacial score (nSPS) is 17.7. The predicted molar refractivity (Wildman–Crippen MR) is 129 cm³/mol. The van der Waals surface area contributed by atoms with Gasteiger partial charge in [-0.05, 0) is 73.4 Å². The van der Waals surface area contributed by atoms with E-state index in [1.165, 1.54) is 48.8 Å².